The number of fused-ring (bicyclic) bond motifs is 1. The molecule has 0 atom stereocenters. The number of rotatable bonds is 8. The summed E-state index contributed by atoms with van der Waals surface area (Å²) < 4.78 is 12.0. The number of hydrogen-bond acceptors (Lipinski definition) is 5. The summed E-state index contributed by atoms with van der Waals surface area (Å²) in [4.78, 5) is 27.8. The van der Waals surface area contributed by atoms with E-state index in [0.717, 1.165) is 0 Å². The Morgan fingerprint density at radius 1 is 1.21 bits per heavy atom. The van der Waals surface area contributed by atoms with Crippen LogP contribution in [0.1, 0.15) is 30.1 Å². The molecule has 0 saturated carbocycles. The Balaban J connectivity index is 2.06. The number of carbonyl (C=O) groups excluding carboxylic acids is 1. The van der Waals surface area contributed by atoms with Gasteiger partial charge < -0.3 is 14.1 Å². The minimum atomic E-state index is -0.262. The lowest BCUT2D eigenvalue weighted by molar-refractivity contribution is 0.0660. The summed E-state index contributed by atoms with van der Waals surface area (Å²) in [7, 11) is 1.59. The third-order valence-electron chi connectivity index (χ3n) is 4.39. The summed E-state index contributed by atoms with van der Waals surface area (Å²) in [5, 5.41) is 5.49. The van der Waals surface area contributed by atoms with Gasteiger partial charge >= 0.3 is 0 Å². The molecule has 0 aliphatic rings. The van der Waals surface area contributed by atoms with Crippen LogP contribution in [0.15, 0.2) is 51.9 Å². The predicted molar refractivity (Wildman–Crippen MR) is 106 cm³/mol. The summed E-state index contributed by atoms with van der Waals surface area (Å²) in [5.74, 6) is 0.633. The highest BCUT2D eigenvalue weighted by atomic mass is 16.5. The van der Waals surface area contributed by atoms with Gasteiger partial charge in [0.05, 0.1) is 24.8 Å². The van der Waals surface area contributed by atoms with Gasteiger partial charge in [0.2, 0.25) is 0 Å². The molecule has 1 amide bonds. The van der Waals surface area contributed by atoms with Crippen molar-refractivity contribution in [1.82, 2.24) is 14.7 Å². The fourth-order valence-electron chi connectivity index (χ4n) is 3.06. The molecule has 2 heterocycles. The van der Waals surface area contributed by atoms with E-state index in [9.17, 15) is 9.59 Å². The molecule has 0 fully saturated rings. The monoisotopic (exact) mass is 383 g/mol. The van der Waals surface area contributed by atoms with Crippen molar-refractivity contribution >= 4 is 16.7 Å². The van der Waals surface area contributed by atoms with Gasteiger partial charge in [-0.15, -0.1) is 0 Å². The Labute approximate surface area is 163 Å². The van der Waals surface area contributed by atoms with E-state index in [1.54, 1.807) is 48.6 Å². The molecule has 3 aromatic rings. The van der Waals surface area contributed by atoms with Crippen LogP contribution in [0.4, 0.5) is 0 Å². The minimum absolute atomic E-state index is 0.185. The van der Waals surface area contributed by atoms with Crippen molar-refractivity contribution < 1.29 is 13.9 Å². The second-order valence-electron chi connectivity index (χ2n) is 7.07. The highest BCUT2D eigenvalue weighted by Crippen LogP contribution is 2.17. The quantitative estimate of drug-likeness (QED) is 0.598. The van der Waals surface area contributed by atoms with Crippen LogP contribution in [-0.4, -0.2) is 40.8 Å². The van der Waals surface area contributed by atoms with E-state index in [1.807, 2.05) is 19.9 Å². The maximum Gasteiger partial charge on any atom is 0.275 e. The molecule has 0 radical (unpaired) electrons. The van der Waals surface area contributed by atoms with E-state index >= 15 is 0 Å². The van der Waals surface area contributed by atoms with Crippen LogP contribution < -0.4 is 5.56 Å². The molecule has 148 valence electrons. The Bertz CT molecular complexity index is 993. The van der Waals surface area contributed by atoms with Gasteiger partial charge in [0.25, 0.3) is 11.5 Å². The first kappa shape index (κ1) is 19.8. The van der Waals surface area contributed by atoms with Crippen LogP contribution in [0.25, 0.3) is 10.8 Å². The smallest absolute Gasteiger partial charge is 0.275 e. The van der Waals surface area contributed by atoms with E-state index in [1.165, 1.54) is 4.68 Å². The highest BCUT2D eigenvalue weighted by molar-refractivity contribution is 6.04. The lowest BCUT2D eigenvalue weighted by atomic mass is 10.1. The first-order valence-corrected chi connectivity index (χ1v) is 9.31. The van der Waals surface area contributed by atoms with E-state index in [0.29, 0.717) is 42.8 Å². The average molecular weight is 383 g/mol. The van der Waals surface area contributed by atoms with Crippen LogP contribution in [0.3, 0.4) is 0 Å². The second-order valence-corrected chi connectivity index (χ2v) is 7.07. The van der Waals surface area contributed by atoms with E-state index in [2.05, 4.69) is 5.10 Å². The molecule has 3 rings (SSSR count). The Morgan fingerprint density at radius 2 is 1.96 bits per heavy atom. The van der Waals surface area contributed by atoms with Crippen molar-refractivity contribution in [2.24, 2.45) is 5.92 Å². The zero-order valence-corrected chi connectivity index (χ0v) is 16.4. The lowest BCUT2D eigenvalue weighted by Gasteiger charge is -2.22. The van der Waals surface area contributed by atoms with Gasteiger partial charge in [0.1, 0.15) is 5.76 Å². The molecule has 0 saturated heterocycles. The first-order valence-electron chi connectivity index (χ1n) is 9.31. The second kappa shape index (κ2) is 8.84. The number of furan rings is 1. The maximum absolute atomic E-state index is 13.4. The first-order chi connectivity index (χ1) is 13.5. The van der Waals surface area contributed by atoms with E-state index < -0.39 is 0 Å². The topological polar surface area (TPSA) is 77.6 Å². The largest absolute Gasteiger partial charge is 0.467 e. The number of amides is 1. The van der Waals surface area contributed by atoms with Gasteiger partial charge in [-0.1, -0.05) is 32.0 Å². The van der Waals surface area contributed by atoms with E-state index in [-0.39, 0.29) is 23.1 Å². The number of ether oxygens (including phenoxy) is 1. The highest BCUT2D eigenvalue weighted by Gasteiger charge is 2.23. The molecule has 7 nitrogen and oxygen atoms in total. The number of nitrogens with zero attached hydrogens (tertiary/aromatic N) is 3. The number of carbonyl (C=O) groups is 1. The molecule has 28 heavy (non-hydrogen) atoms. The molecule has 0 bridgehead atoms. The molecule has 0 aliphatic heterocycles. The van der Waals surface area contributed by atoms with Crippen LogP contribution in [-0.2, 0) is 17.8 Å². The summed E-state index contributed by atoms with van der Waals surface area (Å²) in [5.41, 5.74) is 0.0776. The van der Waals surface area contributed by atoms with Gasteiger partial charge in [0, 0.05) is 25.6 Å². The van der Waals surface area contributed by atoms with Crippen molar-refractivity contribution in [3.63, 3.8) is 0 Å². The zero-order valence-electron chi connectivity index (χ0n) is 16.4. The van der Waals surface area contributed by atoms with E-state index in [4.69, 9.17) is 9.15 Å². The molecule has 0 N–H and O–H groups in total. The standard InChI is InChI=1S/C21H25N3O4/c1-15(2)13-24-20(25)18-9-5-4-8-17(18)19(22-24)21(26)23(10-12-27-3)14-16-7-6-11-28-16/h4-9,11,15H,10,12-14H2,1-3H3. The van der Waals surface area contributed by atoms with Crippen molar-refractivity contribution in [3.05, 3.63) is 64.5 Å². The molecule has 2 aromatic heterocycles. The van der Waals surface area contributed by atoms with Crippen molar-refractivity contribution in [2.75, 3.05) is 20.3 Å². The molecular formula is C21H25N3O4. The number of hydrogen-bond donors (Lipinski definition) is 0. The van der Waals surface area contributed by atoms with Crippen LogP contribution in [0.2, 0.25) is 0 Å². The third kappa shape index (κ3) is 4.31. The Morgan fingerprint density at radius 3 is 2.61 bits per heavy atom. The summed E-state index contributed by atoms with van der Waals surface area (Å²) in [6.45, 7) is 5.53. The molecular weight excluding hydrogens is 358 g/mol. The normalized spacial score (nSPS) is 11.3. The van der Waals surface area contributed by atoms with Gasteiger partial charge in [-0.3, -0.25) is 9.59 Å². The van der Waals surface area contributed by atoms with Crippen LogP contribution >= 0.6 is 0 Å². The maximum atomic E-state index is 13.4. The summed E-state index contributed by atoms with van der Waals surface area (Å²) in [6.07, 6.45) is 1.57. The average Bonchev–Trinajstić information content (AvgIpc) is 3.19. The van der Waals surface area contributed by atoms with Gasteiger partial charge in [-0.25, -0.2) is 4.68 Å². The van der Waals surface area contributed by atoms with Crippen molar-refractivity contribution in [2.45, 2.75) is 26.9 Å². The zero-order chi connectivity index (χ0) is 20.1. The van der Waals surface area contributed by atoms with Gasteiger partial charge in [-0.05, 0) is 24.1 Å². The number of aromatic nitrogens is 2. The molecule has 7 heteroatoms. The fraction of sp³-hybridized carbons (Fsp3) is 0.381. The van der Waals surface area contributed by atoms with Crippen molar-refractivity contribution in [3.8, 4) is 0 Å². The molecule has 0 aliphatic carbocycles. The Kier molecular flexibility index (Phi) is 6.26. The van der Waals surface area contributed by atoms with Gasteiger partial charge in [-0.2, -0.15) is 5.10 Å². The predicted octanol–water partition coefficient (Wildman–Crippen LogP) is 2.93. The summed E-state index contributed by atoms with van der Waals surface area (Å²) in [6, 6.07) is 10.7. The molecule has 0 spiro atoms. The van der Waals surface area contributed by atoms with Crippen LogP contribution in [0, 0.1) is 5.92 Å². The van der Waals surface area contributed by atoms with Gasteiger partial charge in [0.15, 0.2) is 5.69 Å². The molecule has 0 unspecified atom stereocenters. The fourth-order valence-corrected chi connectivity index (χ4v) is 3.06. The van der Waals surface area contributed by atoms with Crippen molar-refractivity contribution in [1.29, 1.82) is 0 Å². The lowest BCUT2D eigenvalue weighted by Crippen LogP contribution is -2.36. The Hall–Kier alpha value is -2.93. The number of methoxy groups -OCH3 is 1. The van der Waals surface area contributed by atoms with Crippen LogP contribution in [0.5, 0.6) is 0 Å². The molecule has 1 aromatic carbocycles. The SMILES string of the molecule is COCCN(Cc1ccco1)C(=O)c1nn(CC(C)C)c(=O)c2ccccc12. The third-order valence-corrected chi connectivity index (χ3v) is 4.39. The number of benzene rings is 1. The summed E-state index contributed by atoms with van der Waals surface area (Å²) >= 11 is 0. The minimum Gasteiger partial charge on any atom is -0.467 e.